The van der Waals surface area contributed by atoms with Crippen molar-refractivity contribution < 1.29 is 4.79 Å². The molecule has 1 aliphatic heterocycles. The van der Waals surface area contributed by atoms with Crippen molar-refractivity contribution in [2.24, 2.45) is 4.99 Å². The summed E-state index contributed by atoms with van der Waals surface area (Å²) in [5.41, 5.74) is 4.56. The summed E-state index contributed by atoms with van der Waals surface area (Å²) in [5, 5.41) is 3.44. The maximum atomic E-state index is 12.1. The van der Waals surface area contributed by atoms with E-state index < -0.39 is 0 Å². The summed E-state index contributed by atoms with van der Waals surface area (Å²) < 4.78 is 0. The van der Waals surface area contributed by atoms with Crippen LogP contribution in [-0.2, 0) is 4.79 Å². The second kappa shape index (κ2) is 5.78. The van der Waals surface area contributed by atoms with Crippen molar-refractivity contribution in [2.45, 2.75) is 13.8 Å². The molecule has 1 heterocycles. The molecule has 3 nitrogen and oxygen atoms in total. The van der Waals surface area contributed by atoms with E-state index in [0.717, 1.165) is 16.7 Å². The Morgan fingerprint density at radius 2 is 1.82 bits per heavy atom. The molecular weight excluding hydrogens is 296 g/mol. The number of aliphatic imine (C=N–C) groups is 1. The number of carbonyl (C=O) groups is 1. The minimum absolute atomic E-state index is 0.190. The average Bonchev–Trinajstić information content (AvgIpc) is 2.84. The lowest BCUT2D eigenvalue weighted by Gasteiger charge is -2.01. The van der Waals surface area contributed by atoms with Crippen molar-refractivity contribution in [2.75, 3.05) is 0 Å². The summed E-state index contributed by atoms with van der Waals surface area (Å²) in [5.74, 6) is 0.364. The van der Waals surface area contributed by atoms with Crippen molar-refractivity contribution in [1.82, 2.24) is 5.32 Å². The Kier molecular flexibility index (Phi) is 3.82. The minimum Gasteiger partial charge on any atom is -0.305 e. The van der Waals surface area contributed by atoms with E-state index in [1.165, 1.54) is 5.56 Å². The topological polar surface area (TPSA) is 41.5 Å². The molecule has 0 atom stereocenters. The quantitative estimate of drug-likeness (QED) is 0.840. The molecule has 0 bridgehead atoms. The molecule has 0 fully saturated rings. The van der Waals surface area contributed by atoms with Crippen molar-refractivity contribution in [3.63, 3.8) is 0 Å². The van der Waals surface area contributed by atoms with E-state index in [0.29, 0.717) is 16.6 Å². The summed E-state index contributed by atoms with van der Waals surface area (Å²) in [6, 6.07) is 13.3. The Bertz CT molecular complexity index is 804. The number of amides is 1. The van der Waals surface area contributed by atoms with Gasteiger partial charge in [0.2, 0.25) is 0 Å². The molecular formula is C18H15ClN2O. The maximum Gasteiger partial charge on any atom is 0.275 e. The fraction of sp³-hybridized carbons (Fsp3) is 0.111. The van der Waals surface area contributed by atoms with Gasteiger partial charge in [-0.1, -0.05) is 35.4 Å². The molecule has 2 aromatic carbocycles. The lowest BCUT2D eigenvalue weighted by molar-refractivity contribution is -0.115. The fourth-order valence-electron chi connectivity index (χ4n) is 2.35. The number of nitrogens with one attached hydrogen (secondary N) is 1. The number of amidine groups is 1. The van der Waals surface area contributed by atoms with Crippen LogP contribution in [0.3, 0.4) is 0 Å². The fourth-order valence-corrected chi connectivity index (χ4v) is 2.47. The van der Waals surface area contributed by atoms with Crippen LogP contribution >= 0.6 is 11.6 Å². The summed E-state index contributed by atoms with van der Waals surface area (Å²) in [6.07, 6.45) is 1.81. The predicted molar refractivity (Wildman–Crippen MR) is 90.0 cm³/mol. The zero-order chi connectivity index (χ0) is 15.7. The SMILES string of the molecule is Cc1ccc(/C=C2\N=C(c3ccc(Cl)cc3)NC2=O)c(C)c1. The number of aryl methyl sites for hydroxylation is 2. The smallest absolute Gasteiger partial charge is 0.275 e. The second-order valence-corrected chi connectivity index (χ2v) is 5.75. The van der Waals surface area contributed by atoms with Gasteiger partial charge in [-0.2, -0.15) is 0 Å². The third-order valence-electron chi connectivity index (χ3n) is 3.53. The standard InChI is InChI=1S/C18H15ClN2O/c1-11-3-4-14(12(2)9-11)10-16-18(22)21-17(20-16)13-5-7-15(19)8-6-13/h3-10H,1-2H3,(H,20,21,22)/b16-10-. The summed E-state index contributed by atoms with van der Waals surface area (Å²) in [4.78, 5) is 16.5. The third kappa shape index (κ3) is 2.95. The number of hydrogen-bond donors (Lipinski definition) is 1. The van der Waals surface area contributed by atoms with Crippen LogP contribution in [0.4, 0.5) is 0 Å². The van der Waals surface area contributed by atoms with Crippen LogP contribution in [0.25, 0.3) is 6.08 Å². The van der Waals surface area contributed by atoms with Crippen LogP contribution in [0.5, 0.6) is 0 Å². The van der Waals surface area contributed by atoms with Crippen molar-refractivity contribution >= 4 is 29.4 Å². The third-order valence-corrected chi connectivity index (χ3v) is 3.78. The molecule has 22 heavy (non-hydrogen) atoms. The van der Waals surface area contributed by atoms with Crippen LogP contribution < -0.4 is 5.32 Å². The molecule has 4 heteroatoms. The van der Waals surface area contributed by atoms with E-state index in [1.807, 2.05) is 44.2 Å². The molecule has 1 N–H and O–H groups in total. The molecule has 0 radical (unpaired) electrons. The number of hydrogen-bond acceptors (Lipinski definition) is 2. The highest BCUT2D eigenvalue weighted by Crippen LogP contribution is 2.19. The Morgan fingerprint density at radius 3 is 2.50 bits per heavy atom. The van der Waals surface area contributed by atoms with Crippen molar-refractivity contribution in [1.29, 1.82) is 0 Å². The highest BCUT2D eigenvalue weighted by atomic mass is 35.5. The van der Waals surface area contributed by atoms with Crippen molar-refractivity contribution in [3.05, 3.63) is 75.4 Å². The molecule has 0 saturated heterocycles. The predicted octanol–water partition coefficient (Wildman–Crippen LogP) is 3.87. The second-order valence-electron chi connectivity index (χ2n) is 5.31. The van der Waals surface area contributed by atoms with E-state index in [2.05, 4.69) is 16.4 Å². The highest BCUT2D eigenvalue weighted by Gasteiger charge is 2.21. The van der Waals surface area contributed by atoms with Gasteiger partial charge in [-0.15, -0.1) is 0 Å². The normalized spacial score (nSPS) is 15.9. The van der Waals surface area contributed by atoms with Crippen LogP contribution in [0.15, 0.2) is 53.2 Å². The van der Waals surface area contributed by atoms with Gasteiger partial charge in [0, 0.05) is 10.6 Å². The van der Waals surface area contributed by atoms with Crippen LogP contribution in [0, 0.1) is 13.8 Å². The molecule has 0 aromatic heterocycles. The number of rotatable bonds is 2. The number of halogens is 1. The van der Waals surface area contributed by atoms with Gasteiger partial charge >= 0.3 is 0 Å². The van der Waals surface area contributed by atoms with Gasteiger partial charge in [-0.25, -0.2) is 4.99 Å². The van der Waals surface area contributed by atoms with Gasteiger partial charge < -0.3 is 5.32 Å². The van der Waals surface area contributed by atoms with E-state index in [9.17, 15) is 4.79 Å². The molecule has 110 valence electrons. The molecule has 0 unspecified atom stereocenters. The molecule has 3 rings (SSSR count). The number of carbonyl (C=O) groups excluding carboxylic acids is 1. The first-order chi connectivity index (χ1) is 10.5. The Balaban J connectivity index is 1.95. The van der Waals surface area contributed by atoms with Gasteiger partial charge in [0.1, 0.15) is 11.5 Å². The van der Waals surface area contributed by atoms with Gasteiger partial charge in [0.15, 0.2) is 0 Å². The van der Waals surface area contributed by atoms with Crippen LogP contribution in [0.2, 0.25) is 5.02 Å². The first-order valence-electron chi connectivity index (χ1n) is 6.98. The van der Waals surface area contributed by atoms with Gasteiger partial charge in [-0.3, -0.25) is 4.79 Å². The average molecular weight is 311 g/mol. The monoisotopic (exact) mass is 310 g/mol. The van der Waals surface area contributed by atoms with E-state index >= 15 is 0 Å². The Morgan fingerprint density at radius 1 is 1.09 bits per heavy atom. The van der Waals surface area contributed by atoms with Gasteiger partial charge in [-0.05, 0) is 55.3 Å². The lowest BCUT2D eigenvalue weighted by atomic mass is 10.0. The molecule has 2 aromatic rings. The molecule has 0 aliphatic carbocycles. The van der Waals surface area contributed by atoms with Crippen molar-refractivity contribution in [3.8, 4) is 0 Å². The molecule has 1 amide bonds. The molecule has 0 spiro atoms. The number of benzene rings is 2. The Labute approximate surface area is 134 Å². The van der Waals surface area contributed by atoms with Gasteiger partial charge in [0.05, 0.1) is 0 Å². The first kappa shape index (κ1) is 14.5. The molecule has 1 aliphatic rings. The molecule has 0 saturated carbocycles. The number of nitrogens with zero attached hydrogens (tertiary/aromatic N) is 1. The van der Waals surface area contributed by atoms with Crippen LogP contribution in [0.1, 0.15) is 22.3 Å². The van der Waals surface area contributed by atoms with Crippen LogP contribution in [-0.4, -0.2) is 11.7 Å². The first-order valence-corrected chi connectivity index (χ1v) is 7.36. The maximum absolute atomic E-state index is 12.1. The summed E-state index contributed by atoms with van der Waals surface area (Å²) in [6.45, 7) is 4.07. The summed E-state index contributed by atoms with van der Waals surface area (Å²) in [7, 11) is 0. The van der Waals surface area contributed by atoms with E-state index in [-0.39, 0.29) is 5.91 Å². The largest absolute Gasteiger partial charge is 0.305 e. The zero-order valence-corrected chi connectivity index (χ0v) is 13.1. The van der Waals surface area contributed by atoms with Gasteiger partial charge in [0.25, 0.3) is 5.91 Å². The minimum atomic E-state index is -0.190. The van der Waals surface area contributed by atoms with E-state index in [1.54, 1.807) is 12.1 Å². The lowest BCUT2D eigenvalue weighted by Crippen LogP contribution is -2.24. The highest BCUT2D eigenvalue weighted by molar-refractivity contribution is 6.30. The Hall–Kier alpha value is -2.39. The summed E-state index contributed by atoms with van der Waals surface area (Å²) >= 11 is 5.87. The zero-order valence-electron chi connectivity index (χ0n) is 12.4. The van der Waals surface area contributed by atoms with E-state index in [4.69, 9.17) is 11.6 Å².